The van der Waals surface area contributed by atoms with Gasteiger partial charge in [-0.2, -0.15) is 0 Å². The molecular formula is C18H14N4O2S. The van der Waals surface area contributed by atoms with Crippen LogP contribution in [0.1, 0.15) is 11.7 Å². The summed E-state index contributed by atoms with van der Waals surface area (Å²) in [6.07, 6.45) is -1.22. The van der Waals surface area contributed by atoms with Gasteiger partial charge in [-0.05, 0) is 23.8 Å². The molecule has 1 unspecified atom stereocenters. The molecule has 1 amide bonds. The van der Waals surface area contributed by atoms with E-state index in [0.717, 1.165) is 16.7 Å². The van der Waals surface area contributed by atoms with E-state index in [2.05, 4.69) is 20.3 Å². The molecule has 0 aliphatic rings. The standard InChI is InChI=1S/C18H14N4O2S/c23-16(11-4-2-1-3-5-11)18(24)20-12-6-7-13-14(8-12)22-17(21-13)15-9-25-10-19-15/h1-10,16,23H,(H,20,24)(H,21,22). The number of nitrogens with zero attached hydrogens (tertiary/aromatic N) is 2. The van der Waals surface area contributed by atoms with Gasteiger partial charge in [-0.3, -0.25) is 4.79 Å². The second-order valence-corrected chi connectivity index (χ2v) is 6.21. The lowest BCUT2D eigenvalue weighted by Crippen LogP contribution is -2.20. The predicted octanol–water partition coefficient (Wildman–Crippen LogP) is 3.36. The largest absolute Gasteiger partial charge is 0.378 e. The van der Waals surface area contributed by atoms with E-state index in [1.54, 1.807) is 41.9 Å². The van der Waals surface area contributed by atoms with Gasteiger partial charge in [0.1, 0.15) is 5.69 Å². The van der Waals surface area contributed by atoms with E-state index in [4.69, 9.17) is 0 Å². The molecule has 0 saturated heterocycles. The summed E-state index contributed by atoms with van der Waals surface area (Å²) in [5.41, 5.74) is 5.22. The number of aliphatic hydroxyl groups is 1. The lowest BCUT2D eigenvalue weighted by Gasteiger charge is -2.11. The van der Waals surface area contributed by atoms with Crippen molar-refractivity contribution in [2.45, 2.75) is 6.10 Å². The Morgan fingerprint density at radius 2 is 2.04 bits per heavy atom. The van der Waals surface area contributed by atoms with Gasteiger partial charge in [0.25, 0.3) is 5.91 Å². The van der Waals surface area contributed by atoms with Crippen LogP contribution in [0.15, 0.2) is 59.4 Å². The van der Waals surface area contributed by atoms with Crippen LogP contribution >= 0.6 is 11.3 Å². The first-order chi connectivity index (χ1) is 12.2. The number of fused-ring (bicyclic) bond motifs is 1. The highest BCUT2D eigenvalue weighted by Gasteiger charge is 2.17. The van der Waals surface area contributed by atoms with Gasteiger partial charge >= 0.3 is 0 Å². The fraction of sp³-hybridized carbons (Fsp3) is 0.0556. The van der Waals surface area contributed by atoms with E-state index in [1.165, 1.54) is 11.3 Å². The second-order valence-electron chi connectivity index (χ2n) is 5.49. The number of benzene rings is 2. The van der Waals surface area contributed by atoms with Crippen molar-refractivity contribution in [3.63, 3.8) is 0 Å². The fourth-order valence-electron chi connectivity index (χ4n) is 2.53. The van der Waals surface area contributed by atoms with E-state index < -0.39 is 12.0 Å². The number of hydrogen-bond acceptors (Lipinski definition) is 5. The Kier molecular flexibility index (Phi) is 4.01. The highest BCUT2D eigenvalue weighted by molar-refractivity contribution is 7.07. The van der Waals surface area contributed by atoms with Gasteiger partial charge in [0, 0.05) is 11.1 Å². The third kappa shape index (κ3) is 3.15. The van der Waals surface area contributed by atoms with Crippen molar-refractivity contribution < 1.29 is 9.90 Å². The van der Waals surface area contributed by atoms with Crippen LogP contribution in [0, 0.1) is 0 Å². The molecule has 4 rings (SSSR count). The Labute approximate surface area is 147 Å². The molecule has 0 saturated carbocycles. The molecule has 2 aromatic carbocycles. The first-order valence-corrected chi connectivity index (χ1v) is 8.57. The van der Waals surface area contributed by atoms with E-state index >= 15 is 0 Å². The third-order valence-electron chi connectivity index (χ3n) is 3.79. The highest BCUT2D eigenvalue weighted by atomic mass is 32.1. The number of carbonyl (C=O) groups excluding carboxylic acids is 1. The quantitative estimate of drug-likeness (QED) is 0.526. The number of H-pyrrole nitrogens is 1. The molecule has 0 fully saturated rings. The van der Waals surface area contributed by atoms with Crippen LogP contribution in [-0.2, 0) is 4.79 Å². The zero-order chi connectivity index (χ0) is 17.2. The van der Waals surface area contributed by atoms with Crippen molar-refractivity contribution >= 4 is 34.0 Å². The molecule has 25 heavy (non-hydrogen) atoms. The minimum Gasteiger partial charge on any atom is -0.378 e. The minimum absolute atomic E-state index is 0.485. The molecule has 3 N–H and O–H groups in total. The van der Waals surface area contributed by atoms with Crippen molar-refractivity contribution in [3.8, 4) is 11.5 Å². The Morgan fingerprint density at radius 1 is 1.20 bits per heavy atom. The number of aromatic amines is 1. The normalized spacial score (nSPS) is 12.2. The van der Waals surface area contributed by atoms with Gasteiger partial charge in [-0.1, -0.05) is 30.3 Å². The SMILES string of the molecule is O=C(Nc1ccc2[nH]c(-c3cscn3)nc2c1)C(O)c1ccccc1. The van der Waals surface area contributed by atoms with Gasteiger partial charge < -0.3 is 15.4 Å². The molecule has 0 spiro atoms. The van der Waals surface area contributed by atoms with Crippen LogP contribution in [-0.4, -0.2) is 26.0 Å². The lowest BCUT2D eigenvalue weighted by atomic mass is 10.1. The Bertz CT molecular complexity index is 1010. The monoisotopic (exact) mass is 350 g/mol. The summed E-state index contributed by atoms with van der Waals surface area (Å²) in [6.45, 7) is 0. The molecule has 2 heterocycles. The summed E-state index contributed by atoms with van der Waals surface area (Å²) < 4.78 is 0. The van der Waals surface area contributed by atoms with Crippen LogP contribution in [0.3, 0.4) is 0 Å². The van der Waals surface area contributed by atoms with Gasteiger partial charge in [0.2, 0.25) is 0 Å². The zero-order valence-corrected chi connectivity index (χ0v) is 13.8. The number of thiazole rings is 1. The van der Waals surface area contributed by atoms with Gasteiger partial charge in [0.15, 0.2) is 11.9 Å². The van der Waals surface area contributed by atoms with Crippen molar-refractivity contribution in [2.24, 2.45) is 0 Å². The number of aromatic nitrogens is 3. The van der Waals surface area contributed by atoms with E-state index in [-0.39, 0.29) is 0 Å². The summed E-state index contributed by atoms with van der Waals surface area (Å²) in [6, 6.07) is 14.2. The minimum atomic E-state index is -1.22. The van der Waals surface area contributed by atoms with Crippen LogP contribution in [0.25, 0.3) is 22.6 Å². The van der Waals surface area contributed by atoms with Crippen molar-refractivity contribution in [1.82, 2.24) is 15.0 Å². The number of imidazole rings is 1. The molecule has 0 radical (unpaired) electrons. The molecule has 0 bridgehead atoms. The number of amides is 1. The van der Waals surface area contributed by atoms with Crippen molar-refractivity contribution in [1.29, 1.82) is 0 Å². The van der Waals surface area contributed by atoms with Gasteiger partial charge in [-0.15, -0.1) is 11.3 Å². The average Bonchev–Trinajstić information content (AvgIpc) is 3.30. The number of hydrogen-bond donors (Lipinski definition) is 3. The van der Waals surface area contributed by atoms with Crippen LogP contribution in [0.4, 0.5) is 5.69 Å². The summed E-state index contributed by atoms with van der Waals surface area (Å²) >= 11 is 1.50. The van der Waals surface area contributed by atoms with Crippen LogP contribution < -0.4 is 5.32 Å². The van der Waals surface area contributed by atoms with Crippen molar-refractivity contribution in [2.75, 3.05) is 5.32 Å². The number of nitrogens with one attached hydrogen (secondary N) is 2. The second kappa shape index (κ2) is 6.46. The molecule has 4 aromatic rings. The van der Waals surface area contributed by atoms with Gasteiger partial charge in [-0.25, -0.2) is 9.97 Å². The highest BCUT2D eigenvalue weighted by Crippen LogP contribution is 2.23. The maximum absolute atomic E-state index is 12.2. The van der Waals surface area contributed by atoms with Crippen LogP contribution in [0.5, 0.6) is 0 Å². The Morgan fingerprint density at radius 3 is 2.80 bits per heavy atom. The summed E-state index contributed by atoms with van der Waals surface area (Å²) in [5.74, 6) is 0.199. The average molecular weight is 350 g/mol. The number of rotatable bonds is 4. The first-order valence-electron chi connectivity index (χ1n) is 7.63. The molecular weight excluding hydrogens is 336 g/mol. The molecule has 2 aromatic heterocycles. The number of anilines is 1. The summed E-state index contributed by atoms with van der Waals surface area (Å²) in [5, 5.41) is 14.8. The number of carbonyl (C=O) groups is 1. The van der Waals surface area contributed by atoms with E-state index in [0.29, 0.717) is 17.1 Å². The molecule has 7 heteroatoms. The van der Waals surface area contributed by atoms with E-state index in [9.17, 15) is 9.90 Å². The fourth-order valence-corrected chi connectivity index (χ4v) is 3.07. The molecule has 6 nitrogen and oxygen atoms in total. The summed E-state index contributed by atoms with van der Waals surface area (Å²) in [4.78, 5) is 24.2. The predicted molar refractivity (Wildman–Crippen MR) is 97.2 cm³/mol. The van der Waals surface area contributed by atoms with Gasteiger partial charge in [0.05, 0.1) is 16.5 Å². The first kappa shape index (κ1) is 15.5. The van der Waals surface area contributed by atoms with E-state index in [1.807, 2.05) is 17.5 Å². The maximum Gasteiger partial charge on any atom is 0.257 e. The Hall–Kier alpha value is -3.03. The molecule has 0 aliphatic carbocycles. The zero-order valence-electron chi connectivity index (χ0n) is 13.0. The third-order valence-corrected chi connectivity index (χ3v) is 4.38. The maximum atomic E-state index is 12.2. The van der Waals surface area contributed by atoms with Crippen molar-refractivity contribution in [3.05, 3.63) is 65.0 Å². The molecule has 1 atom stereocenters. The van der Waals surface area contributed by atoms with Crippen LogP contribution in [0.2, 0.25) is 0 Å². The Balaban J connectivity index is 1.56. The summed E-state index contributed by atoms with van der Waals surface area (Å²) in [7, 11) is 0. The lowest BCUT2D eigenvalue weighted by molar-refractivity contribution is -0.124. The molecule has 0 aliphatic heterocycles. The smallest absolute Gasteiger partial charge is 0.257 e. The molecule has 124 valence electrons. The topological polar surface area (TPSA) is 90.9 Å². The number of aliphatic hydroxyl groups excluding tert-OH is 1.